The first-order valence-electron chi connectivity index (χ1n) is 8.87. The Bertz CT molecular complexity index is 752. The maximum Gasteiger partial charge on any atom is 0.252 e. The lowest BCUT2D eigenvalue weighted by atomic mass is 9.93. The number of hydrogen-bond acceptors (Lipinski definition) is 6. The molecule has 2 saturated heterocycles. The van der Waals surface area contributed by atoms with Crippen LogP contribution in [0.1, 0.15) is 15.9 Å². The van der Waals surface area contributed by atoms with Crippen LogP contribution in [0, 0.1) is 11.8 Å². The van der Waals surface area contributed by atoms with Gasteiger partial charge in [0.1, 0.15) is 0 Å². The molecule has 2 aromatic heterocycles. The molecule has 0 aromatic carbocycles. The summed E-state index contributed by atoms with van der Waals surface area (Å²) in [7, 11) is 1.65. The summed E-state index contributed by atoms with van der Waals surface area (Å²) in [6, 6.07) is 5.85. The van der Waals surface area contributed by atoms with Crippen LogP contribution in [0.25, 0.3) is 0 Å². The third kappa shape index (κ3) is 3.60. The van der Waals surface area contributed by atoms with Crippen molar-refractivity contribution in [1.29, 1.82) is 0 Å². The number of nitrogens with zero attached hydrogens (tertiary/aromatic N) is 2. The molecule has 0 spiro atoms. The van der Waals surface area contributed by atoms with Crippen LogP contribution in [-0.4, -0.2) is 55.2 Å². The van der Waals surface area contributed by atoms with E-state index < -0.39 is 0 Å². The van der Waals surface area contributed by atoms with Gasteiger partial charge in [0.25, 0.3) is 5.91 Å². The zero-order valence-electron chi connectivity index (χ0n) is 14.8. The second kappa shape index (κ2) is 7.73. The fourth-order valence-electron chi connectivity index (χ4n) is 3.91. The molecule has 2 aliphatic heterocycles. The summed E-state index contributed by atoms with van der Waals surface area (Å²) in [5.74, 6) is 1.51. The van der Waals surface area contributed by atoms with Crippen LogP contribution in [0.2, 0.25) is 0 Å². The van der Waals surface area contributed by atoms with Gasteiger partial charge in [-0.2, -0.15) is 11.3 Å². The molecule has 1 amide bonds. The number of rotatable bonds is 6. The molecule has 6 nitrogen and oxygen atoms in total. The fourth-order valence-corrected chi connectivity index (χ4v) is 4.54. The van der Waals surface area contributed by atoms with Gasteiger partial charge in [0.15, 0.2) is 0 Å². The van der Waals surface area contributed by atoms with Crippen molar-refractivity contribution in [1.82, 2.24) is 15.2 Å². The van der Waals surface area contributed by atoms with Crippen LogP contribution in [0.15, 0.2) is 35.2 Å². The summed E-state index contributed by atoms with van der Waals surface area (Å²) in [5.41, 5.74) is 1.83. The zero-order valence-corrected chi connectivity index (χ0v) is 15.6. The number of carbonyl (C=O) groups is 1. The van der Waals surface area contributed by atoms with E-state index in [0.717, 1.165) is 37.4 Å². The summed E-state index contributed by atoms with van der Waals surface area (Å²) in [4.78, 5) is 18.8. The zero-order chi connectivity index (χ0) is 17.9. The molecule has 26 heavy (non-hydrogen) atoms. The third-order valence-corrected chi connectivity index (χ3v) is 5.94. The van der Waals surface area contributed by atoms with Crippen LogP contribution in [-0.2, 0) is 11.3 Å². The molecule has 0 bridgehead atoms. The van der Waals surface area contributed by atoms with Crippen molar-refractivity contribution in [3.05, 3.63) is 46.3 Å². The number of likely N-dealkylation sites (tertiary alicyclic amines) is 1. The predicted molar refractivity (Wildman–Crippen MR) is 99.4 cm³/mol. The minimum absolute atomic E-state index is 0.00430. The number of thiophene rings is 1. The van der Waals surface area contributed by atoms with Crippen molar-refractivity contribution in [2.24, 2.45) is 11.8 Å². The molecule has 1 N–H and O–H groups in total. The van der Waals surface area contributed by atoms with E-state index in [-0.39, 0.29) is 12.0 Å². The number of pyridine rings is 1. The van der Waals surface area contributed by atoms with Crippen LogP contribution < -0.4 is 10.1 Å². The standard InChI is InChI=1S/C19H23N3O3S/c1-24-19-13(3-2-5-20-19)8-22-9-16-15(11-25-17(16)10-22)7-21-18(23)14-4-6-26-12-14/h2-6,12,15-17H,7-11H2,1H3,(H,21,23)/t15-,16+,17+/m0/s1. The topological polar surface area (TPSA) is 63.7 Å². The maximum atomic E-state index is 12.2. The minimum atomic E-state index is 0.00430. The SMILES string of the molecule is COc1ncccc1CN1C[C@@H]2[C@@H](CNC(=O)c3ccsc3)CO[C@@H]2C1. The Morgan fingerprint density at radius 3 is 3.19 bits per heavy atom. The average molecular weight is 373 g/mol. The number of nitrogens with one attached hydrogen (secondary N) is 1. The number of amides is 1. The monoisotopic (exact) mass is 373 g/mol. The molecule has 3 atom stereocenters. The van der Waals surface area contributed by atoms with E-state index >= 15 is 0 Å². The maximum absolute atomic E-state index is 12.2. The van der Waals surface area contributed by atoms with Gasteiger partial charge in [-0.25, -0.2) is 4.98 Å². The van der Waals surface area contributed by atoms with Crippen LogP contribution >= 0.6 is 11.3 Å². The van der Waals surface area contributed by atoms with E-state index in [1.54, 1.807) is 13.3 Å². The van der Waals surface area contributed by atoms with Gasteiger partial charge < -0.3 is 14.8 Å². The lowest BCUT2D eigenvalue weighted by Crippen LogP contribution is -2.34. The van der Waals surface area contributed by atoms with Crippen LogP contribution in [0.3, 0.4) is 0 Å². The second-order valence-corrected chi connectivity index (χ2v) is 7.66. The summed E-state index contributed by atoms with van der Waals surface area (Å²) in [6.45, 7) is 4.09. The van der Waals surface area contributed by atoms with E-state index in [1.165, 1.54) is 11.3 Å². The highest BCUT2D eigenvalue weighted by atomic mass is 32.1. The smallest absolute Gasteiger partial charge is 0.252 e. The first kappa shape index (κ1) is 17.5. The molecule has 2 aromatic rings. The molecule has 138 valence electrons. The van der Waals surface area contributed by atoms with Crippen molar-refractivity contribution in [2.75, 3.05) is 33.4 Å². The lowest BCUT2D eigenvalue weighted by Gasteiger charge is -2.20. The van der Waals surface area contributed by atoms with E-state index in [0.29, 0.717) is 24.3 Å². The molecule has 0 saturated carbocycles. The Labute approximate surface area is 157 Å². The highest BCUT2D eigenvalue weighted by Crippen LogP contribution is 2.34. The normalized spacial score (nSPS) is 25.2. The van der Waals surface area contributed by atoms with Crippen LogP contribution in [0.4, 0.5) is 0 Å². The van der Waals surface area contributed by atoms with Crippen molar-refractivity contribution in [3.63, 3.8) is 0 Å². The van der Waals surface area contributed by atoms with E-state index in [2.05, 4.69) is 21.3 Å². The quantitative estimate of drug-likeness (QED) is 0.839. The Balaban J connectivity index is 1.33. The Kier molecular flexibility index (Phi) is 5.19. The van der Waals surface area contributed by atoms with Crippen molar-refractivity contribution in [3.8, 4) is 5.88 Å². The largest absolute Gasteiger partial charge is 0.481 e. The highest BCUT2D eigenvalue weighted by molar-refractivity contribution is 7.08. The summed E-state index contributed by atoms with van der Waals surface area (Å²) in [5, 5.41) is 6.86. The molecule has 2 fully saturated rings. The van der Waals surface area contributed by atoms with Gasteiger partial charge in [0.05, 0.1) is 19.8 Å². The molecule has 2 aliphatic rings. The highest BCUT2D eigenvalue weighted by Gasteiger charge is 2.43. The van der Waals surface area contributed by atoms with Gasteiger partial charge in [0.2, 0.25) is 5.88 Å². The van der Waals surface area contributed by atoms with Gasteiger partial charge >= 0.3 is 0 Å². The van der Waals surface area contributed by atoms with Crippen molar-refractivity contribution in [2.45, 2.75) is 12.6 Å². The molecular weight excluding hydrogens is 350 g/mol. The first-order valence-corrected chi connectivity index (χ1v) is 9.81. The van der Waals surface area contributed by atoms with Crippen LogP contribution in [0.5, 0.6) is 5.88 Å². The first-order chi connectivity index (χ1) is 12.7. The lowest BCUT2D eigenvalue weighted by molar-refractivity contribution is 0.0903. The second-order valence-electron chi connectivity index (χ2n) is 6.88. The number of fused-ring (bicyclic) bond motifs is 1. The third-order valence-electron chi connectivity index (χ3n) is 5.26. The number of aromatic nitrogens is 1. The summed E-state index contributed by atoms with van der Waals surface area (Å²) >= 11 is 1.54. The van der Waals surface area contributed by atoms with Gasteiger partial charge in [-0.05, 0) is 17.5 Å². The molecule has 0 aliphatic carbocycles. The fraction of sp³-hybridized carbons (Fsp3) is 0.474. The molecule has 4 heterocycles. The number of methoxy groups -OCH3 is 1. The van der Waals surface area contributed by atoms with E-state index in [9.17, 15) is 4.79 Å². The Morgan fingerprint density at radius 1 is 1.46 bits per heavy atom. The van der Waals surface area contributed by atoms with Gasteiger partial charge in [0, 0.05) is 60.7 Å². The molecule has 0 radical (unpaired) electrons. The number of hydrogen-bond donors (Lipinski definition) is 1. The number of ether oxygens (including phenoxy) is 2. The van der Waals surface area contributed by atoms with E-state index in [4.69, 9.17) is 9.47 Å². The van der Waals surface area contributed by atoms with Crippen molar-refractivity contribution < 1.29 is 14.3 Å². The van der Waals surface area contributed by atoms with E-state index in [1.807, 2.05) is 22.9 Å². The molecular formula is C19H23N3O3S. The minimum Gasteiger partial charge on any atom is -0.481 e. The number of carbonyl (C=O) groups excluding carboxylic acids is 1. The molecule has 0 unspecified atom stereocenters. The Morgan fingerprint density at radius 2 is 2.38 bits per heavy atom. The Hall–Kier alpha value is -1.96. The predicted octanol–water partition coefficient (Wildman–Crippen LogP) is 2.03. The van der Waals surface area contributed by atoms with Gasteiger partial charge in [-0.15, -0.1) is 0 Å². The summed E-state index contributed by atoms with van der Waals surface area (Å²) in [6.07, 6.45) is 2.00. The van der Waals surface area contributed by atoms with Gasteiger partial charge in [-0.3, -0.25) is 9.69 Å². The van der Waals surface area contributed by atoms with Gasteiger partial charge in [-0.1, -0.05) is 6.07 Å². The molecule has 7 heteroatoms. The molecule has 4 rings (SSSR count). The van der Waals surface area contributed by atoms with Crippen molar-refractivity contribution >= 4 is 17.2 Å². The summed E-state index contributed by atoms with van der Waals surface area (Å²) < 4.78 is 11.4. The average Bonchev–Trinajstić information content (AvgIpc) is 3.38.